The van der Waals surface area contributed by atoms with Gasteiger partial charge in [0.1, 0.15) is 5.75 Å². The molecule has 1 N–H and O–H groups in total. The monoisotopic (exact) mass is 355 g/mol. The first-order valence-corrected chi connectivity index (χ1v) is 7.15. The number of methoxy groups -OCH3 is 1. The molecule has 0 spiro atoms. The van der Waals surface area contributed by atoms with Crippen LogP contribution in [0.15, 0.2) is 53.0 Å². The number of nitrogens with one attached hydrogen (secondary N) is 1. The molecule has 0 aromatic heterocycles. The number of ether oxygens (including phenoxy) is 1. The van der Waals surface area contributed by atoms with E-state index in [2.05, 4.69) is 57.6 Å². The molecule has 20 heavy (non-hydrogen) atoms. The predicted molar refractivity (Wildman–Crippen MR) is 89.8 cm³/mol. The molecule has 0 aliphatic carbocycles. The van der Waals surface area contributed by atoms with Crippen LogP contribution >= 0.6 is 28.3 Å². The molecule has 0 aliphatic rings. The van der Waals surface area contributed by atoms with E-state index in [9.17, 15) is 0 Å². The van der Waals surface area contributed by atoms with Crippen molar-refractivity contribution in [2.24, 2.45) is 0 Å². The van der Waals surface area contributed by atoms with Crippen LogP contribution in [0.2, 0.25) is 0 Å². The molecule has 0 fully saturated rings. The maximum atomic E-state index is 5.14. The number of rotatable bonds is 6. The number of hydrogen-bond acceptors (Lipinski definition) is 2. The van der Waals surface area contributed by atoms with Crippen LogP contribution in [-0.4, -0.2) is 13.7 Å². The Balaban J connectivity index is 0.00000200. The first-order valence-electron chi connectivity index (χ1n) is 6.36. The van der Waals surface area contributed by atoms with Crippen molar-refractivity contribution in [2.45, 2.75) is 13.0 Å². The molecule has 0 bridgehead atoms. The van der Waals surface area contributed by atoms with Gasteiger partial charge >= 0.3 is 0 Å². The van der Waals surface area contributed by atoms with Crippen LogP contribution in [0.1, 0.15) is 11.1 Å². The summed E-state index contributed by atoms with van der Waals surface area (Å²) in [6.45, 7) is 1.88. The van der Waals surface area contributed by atoms with Crippen LogP contribution in [0.25, 0.3) is 0 Å². The Morgan fingerprint density at radius 2 is 1.55 bits per heavy atom. The molecule has 4 heteroatoms. The molecular weight excluding hydrogens is 338 g/mol. The fourth-order valence-corrected chi connectivity index (χ4v) is 2.12. The number of benzene rings is 2. The van der Waals surface area contributed by atoms with Crippen molar-refractivity contribution in [1.29, 1.82) is 0 Å². The topological polar surface area (TPSA) is 21.3 Å². The molecule has 2 rings (SSSR count). The SMILES string of the molecule is COc1ccc(CCNCc2ccc(Br)cc2)cc1.Cl. The predicted octanol–water partition coefficient (Wildman–Crippen LogP) is 4.21. The highest BCUT2D eigenvalue weighted by Gasteiger charge is 1.96. The van der Waals surface area contributed by atoms with Crippen LogP contribution in [0.5, 0.6) is 5.75 Å². The van der Waals surface area contributed by atoms with Crippen molar-refractivity contribution < 1.29 is 4.74 Å². The molecule has 0 saturated heterocycles. The maximum Gasteiger partial charge on any atom is 0.118 e. The lowest BCUT2D eigenvalue weighted by Crippen LogP contribution is -2.16. The van der Waals surface area contributed by atoms with E-state index in [1.165, 1.54) is 11.1 Å². The highest BCUT2D eigenvalue weighted by molar-refractivity contribution is 9.10. The Morgan fingerprint density at radius 1 is 0.950 bits per heavy atom. The van der Waals surface area contributed by atoms with Crippen molar-refractivity contribution in [3.05, 3.63) is 64.1 Å². The van der Waals surface area contributed by atoms with Gasteiger partial charge in [0.15, 0.2) is 0 Å². The second-order valence-electron chi connectivity index (χ2n) is 4.40. The van der Waals surface area contributed by atoms with Gasteiger partial charge in [-0.3, -0.25) is 0 Å². The Bertz CT molecular complexity index is 499. The van der Waals surface area contributed by atoms with E-state index in [1.54, 1.807) is 7.11 Å². The molecule has 2 aromatic carbocycles. The van der Waals surface area contributed by atoms with Gasteiger partial charge in [-0.2, -0.15) is 0 Å². The maximum absolute atomic E-state index is 5.14. The molecule has 2 aromatic rings. The summed E-state index contributed by atoms with van der Waals surface area (Å²) in [6, 6.07) is 16.6. The van der Waals surface area contributed by atoms with Crippen LogP contribution in [0, 0.1) is 0 Å². The van der Waals surface area contributed by atoms with E-state index >= 15 is 0 Å². The molecule has 0 unspecified atom stereocenters. The van der Waals surface area contributed by atoms with Crippen LogP contribution in [0.3, 0.4) is 0 Å². The molecule has 0 saturated carbocycles. The highest BCUT2D eigenvalue weighted by Crippen LogP contribution is 2.12. The van der Waals surface area contributed by atoms with Gasteiger partial charge in [0.2, 0.25) is 0 Å². The minimum atomic E-state index is 0. The average Bonchev–Trinajstić information content (AvgIpc) is 2.46. The number of halogens is 2. The van der Waals surface area contributed by atoms with Gasteiger partial charge in [-0.05, 0) is 48.4 Å². The third kappa shape index (κ3) is 5.53. The second-order valence-corrected chi connectivity index (χ2v) is 5.32. The zero-order chi connectivity index (χ0) is 13.5. The van der Waals surface area contributed by atoms with E-state index in [4.69, 9.17) is 4.74 Å². The van der Waals surface area contributed by atoms with Gasteiger partial charge in [0.25, 0.3) is 0 Å². The van der Waals surface area contributed by atoms with E-state index in [-0.39, 0.29) is 12.4 Å². The van der Waals surface area contributed by atoms with Gasteiger partial charge in [-0.25, -0.2) is 0 Å². The summed E-state index contributed by atoms with van der Waals surface area (Å²) in [6.07, 6.45) is 1.03. The van der Waals surface area contributed by atoms with Crippen molar-refractivity contribution in [1.82, 2.24) is 5.32 Å². The van der Waals surface area contributed by atoms with Crippen LogP contribution < -0.4 is 10.1 Å². The van der Waals surface area contributed by atoms with E-state index in [0.29, 0.717) is 0 Å². The average molecular weight is 357 g/mol. The van der Waals surface area contributed by atoms with Crippen molar-refractivity contribution in [3.8, 4) is 5.75 Å². The van der Waals surface area contributed by atoms with Gasteiger partial charge in [-0.15, -0.1) is 12.4 Å². The lowest BCUT2D eigenvalue weighted by Gasteiger charge is -2.06. The standard InChI is InChI=1S/C16H18BrNO.ClH/c1-19-16-8-4-13(5-9-16)10-11-18-12-14-2-6-15(17)7-3-14;/h2-9,18H,10-12H2,1H3;1H. The molecule has 0 amide bonds. The van der Waals surface area contributed by atoms with Gasteiger partial charge in [0.05, 0.1) is 7.11 Å². The minimum Gasteiger partial charge on any atom is -0.497 e. The fourth-order valence-electron chi connectivity index (χ4n) is 1.86. The first kappa shape index (κ1) is 17.0. The molecule has 0 radical (unpaired) electrons. The summed E-state index contributed by atoms with van der Waals surface area (Å²) in [7, 11) is 1.69. The molecule has 0 heterocycles. The summed E-state index contributed by atoms with van der Waals surface area (Å²) in [5.74, 6) is 0.909. The molecule has 0 aliphatic heterocycles. The summed E-state index contributed by atoms with van der Waals surface area (Å²) in [5, 5.41) is 3.45. The third-order valence-electron chi connectivity index (χ3n) is 2.99. The number of hydrogen-bond donors (Lipinski definition) is 1. The summed E-state index contributed by atoms with van der Waals surface area (Å²) in [5.41, 5.74) is 2.63. The van der Waals surface area contributed by atoms with Crippen LogP contribution in [-0.2, 0) is 13.0 Å². The Morgan fingerprint density at radius 3 is 2.15 bits per heavy atom. The normalized spacial score (nSPS) is 9.90. The van der Waals surface area contributed by atoms with E-state index < -0.39 is 0 Å². The summed E-state index contributed by atoms with van der Waals surface area (Å²) >= 11 is 3.44. The Labute approximate surface area is 135 Å². The highest BCUT2D eigenvalue weighted by atomic mass is 79.9. The largest absolute Gasteiger partial charge is 0.497 e. The van der Waals surface area contributed by atoms with E-state index in [0.717, 1.165) is 29.7 Å². The smallest absolute Gasteiger partial charge is 0.118 e. The van der Waals surface area contributed by atoms with Crippen molar-refractivity contribution in [2.75, 3.05) is 13.7 Å². The third-order valence-corrected chi connectivity index (χ3v) is 3.52. The van der Waals surface area contributed by atoms with Gasteiger partial charge in [0, 0.05) is 11.0 Å². The molecule has 108 valence electrons. The van der Waals surface area contributed by atoms with Crippen molar-refractivity contribution in [3.63, 3.8) is 0 Å². The quantitative estimate of drug-likeness (QED) is 0.783. The molecular formula is C16H19BrClNO. The minimum absolute atomic E-state index is 0. The fraction of sp³-hybridized carbons (Fsp3) is 0.250. The lowest BCUT2D eigenvalue weighted by molar-refractivity contribution is 0.414. The first-order chi connectivity index (χ1) is 9.28. The lowest BCUT2D eigenvalue weighted by atomic mass is 10.1. The second kappa shape index (κ2) is 9.01. The van der Waals surface area contributed by atoms with E-state index in [1.807, 2.05) is 12.1 Å². The van der Waals surface area contributed by atoms with Crippen LogP contribution in [0.4, 0.5) is 0 Å². The molecule has 0 atom stereocenters. The van der Waals surface area contributed by atoms with Crippen molar-refractivity contribution >= 4 is 28.3 Å². The Hall–Kier alpha value is -1.03. The van der Waals surface area contributed by atoms with Gasteiger partial charge in [-0.1, -0.05) is 40.2 Å². The summed E-state index contributed by atoms with van der Waals surface area (Å²) < 4.78 is 6.26. The Kier molecular flexibility index (Phi) is 7.67. The zero-order valence-electron chi connectivity index (χ0n) is 11.4. The molecule has 2 nitrogen and oxygen atoms in total. The van der Waals surface area contributed by atoms with Gasteiger partial charge < -0.3 is 10.1 Å². The zero-order valence-corrected chi connectivity index (χ0v) is 13.8. The summed E-state index contributed by atoms with van der Waals surface area (Å²) in [4.78, 5) is 0.